The van der Waals surface area contributed by atoms with Crippen molar-refractivity contribution in [1.29, 1.82) is 0 Å². The summed E-state index contributed by atoms with van der Waals surface area (Å²) in [4.78, 5) is 2.46. The molecule has 0 saturated heterocycles. The average Bonchev–Trinajstić information content (AvgIpc) is 2.84. The molecule has 0 unspecified atom stereocenters. The van der Waals surface area contributed by atoms with Crippen molar-refractivity contribution in [2.24, 2.45) is 0 Å². The minimum Gasteiger partial charge on any atom is -0.497 e. The van der Waals surface area contributed by atoms with Gasteiger partial charge in [0.1, 0.15) is 28.9 Å². The van der Waals surface area contributed by atoms with E-state index < -0.39 is 7.26 Å². The zero-order valence-electron chi connectivity index (χ0n) is 17.1. The second-order valence-corrected chi connectivity index (χ2v) is 11.1. The van der Waals surface area contributed by atoms with Gasteiger partial charge in [-0.25, -0.2) is 0 Å². The van der Waals surface area contributed by atoms with Gasteiger partial charge in [0, 0.05) is 5.69 Å². The smallest absolute Gasteiger partial charge is 0.128 e. The standard InChI is InChI=1S/C27H25NOP/c1-29-23-18-16-22(17-19-23)28-20-21-30(24-10-4-2-5-11-24,25-12-6-3-7-13-25)27-15-9-8-14-26(27)28/h2-19H,20-21H2,1H3/q+1. The van der Waals surface area contributed by atoms with Crippen molar-refractivity contribution >= 4 is 34.6 Å². The Labute approximate surface area is 179 Å². The Morgan fingerprint density at radius 2 is 1.23 bits per heavy atom. The lowest BCUT2D eigenvalue weighted by Crippen LogP contribution is -2.43. The van der Waals surface area contributed by atoms with Crippen molar-refractivity contribution in [2.45, 2.75) is 0 Å². The van der Waals surface area contributed by atoms with Gasteiger partial charge in [-0.05, 0) is 60.7 Å². The number of benzene rings is 4. The summed E-state index contributed by atoms with van der Waals surface area (Å²) < 4.78 is 5.36. The zero-order chi connectivity index (χ0) is 20.4. The first-order chi connectivity index (χ1) is 14.8. The van der Waals surface area contributed by atoms with Gasteiger partial charge in [0.05, 0.1) is 25.5 Å². The molecule has 1 aliphatic rings. The molecule has 0 saturated carbocycles. The molecule has 2 nitrogen and oxygen atoms in total. The molecule has 30 heavy (non-hydrogen) atoms. The van der Waals surface area contributed by atoms with Crippen molar-refractivity contribution in [2.75, 3.05) is 24.7 Å². The fraction of sp³-hybridized carbons (Fsp3) is 0.111. The summed E-state index contributed by atoms with van der Waals surface area (Å²) in [6.45, 7) is 0.987. The molecule has 0 radical (unpaired) electrons. The number of ether oxygens (including phenoxy) is 1. The van der Waals surface area contributed by atoms with E-state index in [1.165, 1.54) is 27.3 Å². The van der Waals surface area contributed by atoms with Crippen LogP contribution in [-0.4, -0.2) is 19.8 Å². The summed E-state index contributed by atoms with van der Waals surface area (Å²) in [5, 5.41) is 4.38. The third kappa shape index (κ3) is 3.09. The number of nitrogens with zero attached hydrogens (tertiary/aromatic N) is 1. The summed E-state index contributed by atoms with van der Waals surface area (Å²) >= 11 is 0. The molecule has 4 aromatic carbocycles. The summed E-state index contributed by atoms with van der Waals surface area (Å²) in [5.41, 5.74) is 2.53. The summed E-state index contributed by atoms with van der Waals surface area (Å²) in [5.74, 6) is 0.888. The minimum absolute atomic E-state index is 0.888. The predicted octanol–water partition coefficient (Wildman–Crippen LogP) is 5.14. The van der Waals surface area contributed by atoms with Crippen LogP contribution in [0.5, 0.6) is 5.75 Å². The fourth-order valence-electron chi connectivity index (χ4n) is 4.59. The SMILES string of the molecule is COc1ccc(N2CC[P+](c3ccccc3)(c3ccccc3)c3ccccc32)cc1. The number of hydrogen-bond donors (Lipinski definition) is 0. The number of para-hydroxylation sites is 1. The molecule has 5 rings (SSSR count). The highest BCUT2D eigenvalue weighted by molar-refractivity contribution is 7.96. The second kappa shape index (κ2) is 7.97. The Balaban J connectivity index is 1.71. The third-order valence-corrected chi connectivity index (χ3v) is 10.5. The molecule has 0 fully saturated rings. The van der Waals surface area contributed by atoms with Gasteiger partial charge >= 0.3 is 0 Å². The van der Waals surface area contributed by atoms with E-state index in [0.717, 1.165) is 18.5 Å². The van der Waals surface area contributed by atoms with Crippen LogP contribution in [0.2, 0.25) is 0 Å². The van der Waals surface area contributed by atoms with Gasteiger partial charge < -0.3 is 9.64 Å². The zero-order valence-corrected chi connectivity index (χ0v) is 18.0. The molecule has 0 aliphatic carbocycles. The maximum Gasteiger partial charge on any atom is 0.128 e. The van der Waals surface area contributed by atoms with Crippen molar-refractivity contribution < 1.29 is 4.74 Å². The van der Waals surface area contributed by atoms with Gasteiger partial charge in [-0.1, -0.05) is 48.5 Å². The second-order valence-electron chi connectivity index (χ2n) is 7.54. The third-order valence-electron chi connectivity index (χ3n) is 6.02. The molecular formula is C27H25NOP+. The predicted molar refractivity (Wildman–Crippen MR) is 130 cm³/mol. The van der Waals surface area contributed by atoms with Crippen LogP contribution in [0.3, 0.4) is 0 Å². The highest BCUT2D eigenvalue weighted by Crippen LogP contribution is 2.59. The molecule has 3 heteroatoms. The van der Waals surface area contributed by atoms with E-state index in [4.69, 9.17) is 4.74 Å². The van der Waals surface area contributed by atoms with Crippen LogP contribution in [0.4, 0.5) is 11.4 Å². The topological polar surface area (TPSA) is 12.5 Å². The molecule has 0 N–H and O–H groups in total. The number of rotatable bonds is 4. The summed E-state index contributed by atoms with van der Waals surface area (Å²) in [7, 11) is -0.0124. The Bertz CT molecular complexity index is 1090. The number of methoxy groups -OCH3 is 1. The molecule has 0 bridgehead atoms. The average molecular weight is 410 g/mol. The van der Waals surface area contributed by atoms with E-state index in [1.54, 1.807) is 7.11 Å². The monoisotopic (exact) mass is 410 g/mol. The first kappa shape index (κ1) is 18.9. The van der Waals surface area contributed by atoms with Gasteiger partial charge in [0.15, 0.2) is 0 Å². The molecule has 0 amide bonds. The van der Waals surface area contributed by atoms with E-state index in [1.807, 2.05) is 12.1 Å². The Morgan fingerprint density at radius 1 is 0.667 bits per heavy atom. The minimum atomic E-state index is -1.72. The van der Waals surface area contributed by atoms with Gasteiger partial charge in [-0.2, -0.15) is 0 Å². The Hall–Kier alpha value is -3.09. The Morgan fingerprint density at radius 3 is 1.83 bits per heavy atom. The quantitative estimate of drug-likeness (QED) is 0.432. The van der Waals surface area contributed by atoms with E-state index in [2.05, 4.69) is 102 Å². The molecule has 1 aliphatic heterocycles. The first-order valence-electron chi connectivity index (χ1n) is 10.3. The molecule has 1 heterocycles. The number of fused-ring (bicyclic) bond motifs is 1. The molecule has 0 spiro atoms. The van der Waals surface area contributed by atoms with Crippen molar-refractivity contribution in [1.82, 2.24) is 0 Å². The lowest BCUT2D eigenvalue weighted by molar-refractivity contribution is 0.415. The normalized spacial score (nSPS) is 14.8. The lowest BCUT2D eigenvalue weighted by atomic mass is 10.2. The molecule has 0 atom stereocenters. The number of hydrogen-bond acceptors (Lipinski definition) is 2. The van der Waals surface area contributed by atoms with Crippen molar-refractivity contribution in [3.05, 3.63) is 109 Å². The van der Waals surface area contributed by atoms with Gasteiger partial charge in [-0.3, -0.25) is 0 Å². The van der Waals surface area contributed by atoms with E-state index in [-0.39, 0.29) is 0 Å². The van der Waals surface area contributed by atoms with Crippen LogP contribution in [-0.2, 0) is 0 Å². The molecule has 0 aromatic heterocycles. The van der Waals surface area contributed by atoms with Crippen molar-refractivity contribution in [3.63, 3.8) is 0 Å². The van der Waals surface area contributed by atoms with E-state index in [0.29, 0.717) is 0 Å². The van der Waals surface area contributed by atoms with Gasteiger partial charge in [0.25, 0.3) is 0 Å². The lowest BCUT2D eigenvalue weighted by Gasteiger charge is -2.38. The Kier molecular flexibility index (Phi) is 5.02. The highest BCUT2D eigenvalue weighted by atomic mass is 31.2. The first-order valence-corrected chi connectivity index (χ1v) is 12.3. The van der Waals surface area contributed by atoms with Crippen LogP contribution >= 0.6 is 7.26 Å². The molecule has 148 valence electrons. The van der Waals surface area contributed by atoms with Crippen LogP contribution in [0.15, 0.2) is 109 Å². The molecule has 4 aromatic rings. The molecular weight excluding hydrogens is 385 g/mol. The summed E-state index contributed by atoms with van der Waals surface area (Å²) in [6.07, 6.45) is 1.12. The van der Waals surface area contributed by atoms with Crippen molar-refractivity contribution in [3.8, 4) is 5.75 Å². The maximum atomic E-state index is 5.36. The van der Waals surface area contributed by atoms with Crippen LogP contribution < -0.4 is 25.6 Å². The van der Waals surface area contributed by atoms with Crippen LogP contribution in [0.25, 0.3) is 0 Å². The maximum absolute atomic E-state index is 5.36. The van der Waals surface area contributed by atoms with E-state index >= 15 is 0 Å². The van der Waals surface area contributed by atoms with E-state index in [9.17, 15) is 0 Å². The fourth-order valence-corrected chi connectivity index (χ4v) is 8.99. The van der Waals surface area contributed by atoms with Gasteiger partial charge in [0.2, 0.25) is 0 Å². The van der Waals surface area contributed by atoms with Gasteiger partial charge in [-0.15, -0.1) is 0 Å². The van der Waals surface area contributed by atoms with Crippen LogP contribution in [0, 0.1) is 0 Å². The number of anilines is 2. The summed E-state index contributed by atoms with van der Waals surface area (Å²) in [6, 6.07) is 39.6. The van der Waals surface area contributed by atoms with Crippen LogP contribution in [0.1, 0.15) is 0 Å². The largest absolute Gasteiger partial charge is 0.497 e. The highest BCUT2D eigenvalue weighted by Gasteiger charge is 2.50.